The van der Waals surface area contributed by atoms with Gasteiger partial charge in [-0.15, -0.1) is 0 Å². The van der Waals surface area contributed by atoms with Gasteiger partial charge in [0.25, 0.3) is 0 Å². The summed E-state index contributed by atoms with van der Waals surface area (Å²) in [7, 11) is 1.81. The van der Waals surface area contributed by atoms with Crippen LogP contribution in [-0.2, 0) is 11.3 Å². The van der Waals surface area contributed by atoms with E-state index in [4.69, 9.17) is 4.74 Å². The van der Waals surface area contributed by atoms with Crippen LogP contribution in [0.2, 0.25) is 0 Å². The first kappa shape index (κ1) is 17.9. The quantitative estimate of drug-likeness (QED) is 0.766. The van der Waals surface area contributed by atoms with Gasteiger partial charge in [0.2, 0.25) is 0 Å². The van der Waals surface area contributed by atoms with E-state index in [1.807, 2.05) is 0 Å². The Morgan fingerprint density at radius 1 is 1.08 bits per heavy atom. The Morgan fingerprint density at radius 3 is 2.58 bits per heavy atom. The largest absolute Gasteiger partial charge is 0.383 e. The van der Waals surface area contributed by atoms with Crippen molar-refractivity contribution in [2.24, 2.45) is 5.41 Å². The Hall–Kier alpha value is -0.910. The molecule has 1 atom stereocenters. The fourth-order valence-corrected chi connectivity index (χ4v) is 4.62. The summed E-state index contributed by atoms with van der Waals surface area (Å²) in [6.07, 6.45) is 5.33. The van der Waals surface area contributed by atoms with Crippen LogP contribution in [0.25, 0.3) is 0 Å². The van der Waals surface area contributed by atoms with Crippen LogP contribution >= 0.6 is 0 Å². The molecule has 5 heteroatoms. The maximum Gasteiger partial charge on any atom is 0.0596 e. The first-order valence-corrected chi connectivity index (χ1v) is 9.55. The molecule has 0 aliphatic carbocycles. The second kappa shape index (κ2) is 7.98. The van der Waals surface area contributed by atoms with Crippen LogP contribution in [0.4, 0.5) is 0 Å². The molecule has 5 nitrogen and oxygen atoms in total. The van der Waals surface area contributed by atoms with Gasteiger partial charge in [-0.1, -0.05) is 0 Å². The van der Waals surface area contributed by atoms with E-state index in [0.717, 1.165) is 25.4 Å². The molecule has 2 aliphatic heterocycles. The zero-order chi connectivity index (χ0) is 17.0. The van der Waals surface area contributed by atoms with Crippen molar-refractivity contribution in [3.63, 3.8) is 0 Å². The van der Waals surface area contributed by atoms with E-state index in [1.165, 1.54) is 64.1 Å². The molecule has 0 bridgehead atoms. The number of ether oxygens (including phenoxy) is 1. The molecule has 1 spiro atoms. The van der Waals surface area contributed by atoms with Gasteiger partial charge >= 0.3 is 0 Å². The molecule has 3 heterocycles. The smallest absolute Gasteiger partial charge is 0.0596 e. The first-order valence-electron chi connectivity index (χ1n) is 9.55. The Kier molecular flexibility index (Phi) is 5.95. The van der Waals surface area contributed by atoms with Crippen LogP contribution in [0.1, 0.15) is 37.1 Å². The van der Waals surface area contributed by atoms with Crippen LogP contribution < -0.4 is 0 Å². The lowest BCUT2D eigenvalue weighted by Crippen LogP contribution is -2.45. The van der Waals surface area contributed by atoms with Crippen LogP contribution in [0.3, 0.4) is 0 Å². The van der Waals surface area contributed by atoms with Crippen molar-refractivity contribution in [1.82, 2.24) is 19.6 Å². The lowest BCUT2D eigenvalue weighted by molar-refractivity contribution is 0.0677. The fraction of sp³-hybridized carbons (Fsp3) is 0.842. The topological polar surface area (TPSA) is 33.5 Å². The minimum absolute atomic E-state index is 0.546. The SMILES string of the molecule is COCCN1CCC[C@]2(CCN(CCCn3nc(C)cc3C)C2)C1. The van der Waals surface area contributed by atoms with Crippen LogP contribution in [0, 0.1) is 19.3 Å². The molecule has 1 aromatic rings. The van der Waals surface area contributed by atoms with E-state index in [9.17, 15) is 0 Å². The normalized spacial score (nSPS) is 25.8. The molecule has 2 saturated heterocycles. The minimum atomic E-state index is 0.546. The molecule has 0 aromatic carbocycles. The van der Waals surface area contributed by atoms with Crippen molar-refractivity contribution in [2.45, 2.75) is 46.1 Å². The molecule has 2 fully saturated rings. The third-order valence-corrected chi connectivity index (χ3v) is 5.82. The number of aryl methyl sites for hydroxylation is 3. The second-order valence-corrected chi connectivity index (χ2v) is 7.90. The zero-order valence-electron chi connectivity index (χ0n) is 15.8. The summed E-state index contributed by atoms with van der Waals surface area (Å²) in [4.78, 5) is 5.30. The highest BCUT2D eigenvalue weighted by atomic mass is 16.5. The summed E-state index contributed by atoms with van der Waals surface area (Å²) < 4.78 is 7.42. The van der Waals surface area contributed by atoms with E-state index in [2.05, 4.69) is 39.5 Å². The summed E-state index contributed by atoms with van der Waals surface area (Å²) in [6.45, 7) is 13.5. The Bertz CT molecular complexity index is 529. The van der Waals surface area contributed by atoms with Gasteiger partial charge in [0, 0.05) is 39.0 Å². The highest BCUT2D eigenvalue weighted by Crippen LogP contribution is 2.38. The molecule has 0 N–H and O–H groups in total. The average molecular weight is 335 g/mol. The van der Waals surface area contributed by atoms with E-state index in [0.29, 0.717) is 5.41 Å². The molecule has 3 rings (SSSR count). The maximum absolute atomic E-state index is 5.26. The monoisotopic (exact) mass is 334 g/mol. The van der Waals surface area contributed by atoms with Crippen molar-refractivity contribution in [3.05, 3.63) is 17.5 Å². The minimum Gasteiger partial charge on any atom is -0.383 e. The summed E-state index contributed by atoms with van der Waals surface area (Å²) in [5.41, 5.74) is 2.96. The van der Waals surface area contributed by atoms with Crippen LogP contribution in [0.15, 0.2) is 6.07 Å². The van der Waals surface area contributed by atoms with E-state index >= 15 is 0 Å². The molecule has 0 radical (unpaired) electrons. The number of nitrogens with zero attached hydrogens (tertiary/aromatic N) is 4. The first-order chi connectivity index (χ1) is 11.6. The molecular formula is C19H34N4O. The molecule has 136 valence electrons. The number of hydrogen-bond donors (Lipinski definition) is 0. The van der Waals surface area contributed by atoms with Gasteiger partial charge in [-0.25, -0.2) is 0 Å². The Morgan fingerprint density at radius 2 is 1.88 bits per heavy atom. The third-order valence-electron chi connectivity index (χ3n) is 5.82. The molecule has 2 aliphatic rings. The zero-order valence-corrected chi connectivity index (χ0v) is 15.8. The van der Waals surface area contributed by atoms with Crippen molar-refractivity contribution in [1.29, 1.82) is 0 Å². The predicted molar refractivity (Wildman–Crippen MR) is 97.4 cm³/mol. The lowest BCUT2D eigenvalue weighted by Gasteiger charge is -2.40. The highest BCUT2D eigenvalue weighted by molar-refractivity contribution is 5.06. The summed E-state index contributed by atoms with van der Waals surface area (Å²) in [5.74, 6) is 0. The van der Waals surface area contributed by atoms with Gasteiger partial charge in [-0.3, -0.25) is 4.68 Å². The van der Waals surface area contributed by atoms with Crippen LogP contribution in [-0.4, -0.2) is 72.6 Å². The third kappa shape index (κ3) is 4.38. The number of hydrogen-bond acceptors (Lipinski definition) is 4. The summed E-state index contributed by atoms with van der Waals surface area (Å²) in [5, 5.41) is 4.58. The fourth-order valence-electron chi connectivity index (χ4n) is 4.62. The lowest BCUT2D eigenvalue weighted by atomic mass is 9.79. The van der Waals surface area contributed by atoms with E-state index in [1.54, 1.807) is 7.11 Å². The summed E-state index contributed by atoms with van der Waals surface area (Å²) in [6, 6.07) is 2.17. The van der Waals surface area contributed by atoms with Gasteiger partial charge < -0.3 is 14.5 Å². The maximum atomic E-state index is 5.26. The van der Waals surface area contributed by atoms with Crippen molar-refractivity contribution in [3.8, 4) is 0 Å². The molecule has 0 unspecified atom stereocenters. The van der Waals surface area contributed by atoms with Crippen molar-refractivity contribution >= 4 is 0 Å². The number of aromatic nitrogens is 2. The average Bonchev–Trinajstić information content (AvgIpc) is 3.09. The summed E-state index contributed by atoms with van der Waals surface area (Å²) >= 11 is 0. The number of rotatable bonds is 7. The number of piperidine rings is 1. The molecular weight excluding hydrogens is 300 g/mol. The molecule has 1 aromatic heterocycles. The van der Waals surface area contributed by atoms with Gasteiger partial charge in [-0.05, 0) is 70.6 Å². The van der Waals surface area contributed by atoms with E-state index < -0.39 is 0 Å². The molecule has 0 saturated carbocycles. The Balaban J connectivity index is 1.44. The van der Waals surface area contributed by atoms with E-state index in [-0.39, 0.29) is 0 Å². The van der Waals surface area contributed by atoms with Crippen molar-refractivity contribution in [2.75, 3.05) is 53.0 Å². The van der Waals surface area contributed by atoms with Crippen molar-refractivity contribution < 1.29 is 4.74 Å². The predicted octanol–water partition coefficient (Wildman–Crippen LogP) is 2.32. The number of likely N-dealkylation sites (tertiary alicyclic amines) is 2. The van der Waals surface area contributed by atoms with Crippen LogP contribution in [0.5, 0.6) is 0 Å². The second-order valence-electron chi connectivity index (χ2n) is 7.90. The van der Waals surface area contributed by atoms with Gasteiger partial charge in [-0.2, -0.15) is 5.10 Å². The van der Waals surface area contributed by atoms with Gasteiger partial charge in [0.05, 0.1) is 12.3 Å². The van der Waals surface area contributed by atoms with Gasteiger partial charge in [0.1, 0.15) is 0 Å². The highest BCUT2D eigenvalue weighted by Gasteiger charge is 2.40. The molecule has 24 heavy (non-hydrogen) atoms. The standard InChI is InChI=1S/C19H34N4O/c1-17-14-18(2)23(20-17)10-5-9-21-11-7-19(15-21)6-4-8-22(16-19)12-13-24-3/h14H,4-13,15-16H2,1-3H3/t19-/m1/s1. The molecule has 0 amide bonds. The number of methoxy groups -OCH3 is 1. The Labute approximate surface area is 146 Å². The van der Waals surface area contributed by atoms with Gasteiger partial charge in [0.15, 0.2) is 0 Å².